The van der Waals surface area contributed by atoms with Crippen molar-refractivity contribution in [3.05, 3.63) is 33.8 Å². The van der Waals surface area contributed by atoms with Gasteiger partial charge in [0.25, 0.3) is 0 Å². The van der Waals surface area contributed by atoms with E-state index in [1.807, 2.05) is 12.1 Å². The Bertz CT molecular complexity index is 405. The molecule has 1 aromatic rings. The molecule has 0 aromatic heterocycles. The van der Waals surface area contributed by atoms with E-state index in [4.69, 9.17) is 27.9 Å². The van der Waals surface area contributed by atoms with Crippen molar-refractivity contribution >= 4 is 23.2 Å². The SMILES string of the molecule is CCNC(CCC1CCCO1)c1cccc(Cl)c1Cl. The van der Waals surface area contributed by atoms with Crippen LogP contribution in [0.15, 0.2) is 18.2 Å². The van der Waals surface area contributed by atoms with Gasteiger partial charge in [-0.15, -0.1) is 0 Å². The van der Waals surface area contributed by atoms with Crippen LogP contribution in [-0.4, -0.2) is 19.3 Å². The van der Waals surface area contributed by atoms with Crippen LogP contribution in [0.3, 0.4) is 0 Å². The number of benzene rings is 1. The molecule has 1 heterocycles. The van der Waals surface area contributed by atoms with Crippen LogP contribution in [0.5, 0.6) is 0 Å². The molecule has 0 saturated carbocycles. The van der Waals surface area contributed by atoms with Gasteiger partial charge in [-0.05, 0) is 43.9 Å². The van der Waals surface area contributed by atoms with Crippen LogP contribution >= 0.6 is 23.2 Å². The molecule has 1 fully saturated rings. The third kappa shape index (κ3) is 4.09. The van der Waals surface area contributed by atoms with Gasteiger partial charge in [0.15, 0.2) is 0 Å². The minimum atomic E-state index is 0.250. The molecule has 0 spiro atoms. The predicted molar refractivity (Wildman–Crippen MR) is 81.1 cm³/mol. The Balaban J connectivity index is 2.03. The minimum Gasteiger partial charge on any atom is -0.378 e. The summed E-state index contributed by atoms with van der Waals surface area (Å²) >= 11 is 12.4. The minimum absolute atomic E-state index is 0.250. The Hall–Kier alpha value is -0.280. The van der Waals surface area contributed by atoms with E-state index in [1.165, 1.54) is 12.8 Å². The smallest absolute Gasteiger partial charge is 0.0640 e. The molecule has 0 aliphatic carbocycles. The molecule has 2 atom stereocenters. The summed E-state index contributed by atoms with van der Waals surface area (Å²) in [4.78, 5) is 0. The summed E-state index contributed by atoms with van der Waals surface area (Å²) in [6.45, 7) is 3.94. The van der Waals surface area contributed by atoms with Gasteiger partial charge in [0.2, 0.25) is 0 Å². The summed E-state index contributed by atoms with van der Waals surface area (Å²) in [6.07, 6.45) is 4.88. The molecule has 19 heavy (non-hydrogen) atoms. The van der Waals surface area contributed by atoms with Gasteiger partial charge in [-0.3, -0.25) is 0 Å². The molecule has 1 aliphatic heterocycles. The van der Waals surface area contributed by atoms with Crippen molar-refractivity contribution in [2.75, 3.05) is 13.2 Å². The van der Waals surface area contributed by atoms with Crippen molar-refractivity contribution < 1.29 is 4.74 Å². The molecule has 1 saturated heterocycles. The zero-order valence-electron chi connectivity index (χ0n) is 11.3. The second-order valence-electron chi connectivity index (χ2n) is 4.97. The highest BCUT2D eigenvalue weighted by Gasteiger charge is 2.20. The van der Waals surface area contributed by atoms with Crippen molar-refractivity contribution in [3.8, 4) is 0 Å². The van der Waals surface area contributed by atoms with Gasteiger partial charge < -0.3 is 10.1 Å². The van der Waals surface area contributed by atoms with Crippen molar-refractivity contribution in [1.29, 1.82) is 0 Å². The summed E-state index contributed by atoms with van der Waals surface area (Å²) in [5, 5.41) is 4.79. The molecule has 1 aliphatic rings. The average molecular weight is 302 g/mol. The Morgan fingerprint density at radius 1 is 1.42 bits per heavy atom. The lowest BCUT2D eigenvalue weighted by Crippen LogP contribution is -2.22. The lowest BCUT2D eigenvalue weighted by molar-refractivity contribution is 0.0996. The van der Waals surface area contributed by atoms with Crippen LogP contribution in [0.2, 0.25) is 10.0 Å². The predicted octanol–water partition coefficient (Wildman–Crippen LogP) is 4.60. The van der Waals surface area contributed by atoms with Gasteiger partial charge in [-0.2, -0.15) is 0 Å². The maximum absolute atomic E-state index is 6.32. The highest BCUT2D eigenvalue weighted by Crippen LogP contribution is 2.33. The largest absolute Gasteiger partial charge is 0.378 e. The van der Waals surface area contributed by atoms with Gasteiger partial charge in [0.1, 0.15) is 0 Å². The highest BCUT2D eigenvalue weighted by molar-refractivity contribution is 6.42. The lowest BCUT2D eigenvalue weighted by atomic mass is 9.99. The van der Waals surface area contributed by atoms with Crippen LogP contribution in [-0.2, 0) is 4.74 Å². The second kappa shape index (κ2) is 7.49. The van der Waals surface area contributed by atoms with Crippen LogP contribution in [0.1, 0.15) is 44.2 Å². The van der Waals surface area contributed by atoms with Crippen LogP contribution < -0.4 is 5.32 Å². The molecule has 0 bridgehead atoms. The molecule has 0 radical (unpaired) electrons. The molecular weight excluding hydrogens is 281 g/mol. The molecule has 2 rings (SSSR count). The first-order valence-electron chi connectivity index (χ1n) is 7.01. The van der Waals surface area contributed by atoms with E-state index < -0.39 is 0 Å². The summed E-state index contributed by atoms with van der Waals surface area (Å²) in [7, 11) is 0. The number of hydrogen-bond acceptors (Lipinski definition) is 2. The van der Waals surface area contributed by atoms with Gasteiger partial charge in [-0.1, -0.05) is 42.3 Å². The second-order valence-corrected chi connectivity index (χ2v) is 5.75. The van der Waals surface area contributed by atoms with E-state index in [0.29, 0.717) is 16.1 Å². The fourth-order valence-corrected chi connectivity index (χ4v) is 3.07. The fourth-order valence-electron chi connectivity index (χ4n) is 2.63. The Morgan fingerprint density at radius 2 is 2.26 bits per heavy atom. The fraction of sp³-hybridized carbons (Fsp3) is 0.600. The van der Waals surface area contributed by atoms with Gasteiger partial charge >= 0.3 is 0 Å². The normalized spacial score (nSPS) is 20.7. The number of halogens is 2. The van der Waals surface area contributed by atoms with E-state index in [0.717, 1.165) is 31.6 Å². The Labute approximate surface area is 125 Å². The maximum Gasteiger partial charge on any atom is 0.0640 e. The van der Waals surface area contributed by atoms with Crippen LogP contribution in [0.25, 0.3) is 0 Å². The average Bonchev–Trinajstić information content (AvgIpc) is 2.91. The Kier molecular flexibility index (Phi) is 5.96. The van der Waals surface area contributed by atoms with Crippen molar-refractivity contribution in [2.45, 2.75) is 44.8 Å². The zero-order chi connectivity index (χ0) is 13.7. The van der Waals surface area contributed by atoms with Crippen molar-refractivity contribution in [2.24, 2.45) is 0 Å². The lowest BCUT2D eigenvalue weighted by Gasteiger charge is -2.21. The Morgan fingerprint density at radius 3 is 2.95 bits per heavy atom. The van der Waals surface area contributed by atoms with Crippen LogP contribution in [0.4, 0.5) is 0 Å². The molecule has 0 amide bonds. The maximum atomic E-state index is 6.32. The number of nitrogens with one attached hydrogen (secondary N) is 1. The zero-order valence-corrected chi connectivity index (χ0v) is 12.8. The summed E-state index contributed by atoms with van der Waals surface area (Å²) in [5.41, 5.74) is 1.09. The molecule has 106 valence electrons. The quantitative estimate of drug-likeness (QED) is 0.829. The highest BCUT2D eigenvalue weighted by atomic mass is 35.5. The van der Waals surface area contributed by atoms with Crippen molar-refractivity contribution in [1.82, 2.24) is 5.32 Å². The molecule has 4 heteroatoms. The van der Waals surface area contributed by atoms with Crippen molar-refractivity contribution in [3.63, 3.8) is 0 Å². The first-order chi connectivity index (χ1) is 9.22. The third-order valence-corrected chi connectivity index (χ3v) is 4.44. The van der Waals surface area contributed by atoms with Gasteiger partial charge in [-0.25, -0.2) is 0 Å². The van der Waals surface area contributed by atoms with Gasteiger partial charge in [0, 0.05) is 12.6 Å². The summed E-state index contributed by atoms with van der Waals surface area (Å²) in [6, 6.07) is 6.09. The third-order valence-electron chi connectivity index (χ3n) is 3.61. The number of hydrogen-bond donors (Lipinski definition) is 1. The van der Waals surface area contributed by atoms with E-state index in [2.05, 4.69) is 18.3 Å². The monoisotopic (exact) mass is 301 g/mol. The first kappa shape index (κ1) is 15.1. The number of rotatable bonds is 6. The van der Waals surface area contributed by atoms with Crippen LogP contribution in [0, 0.1) is 0 Å². The summed E-state index contributed by atoms with van der Waals surface area (Å²) in [5.74, 6) is 0. The molecule has 2 nitrogen and oxygen atoms in total. The van der Waals surface area contributed by atoms with Gasteiger partial charge in [0.05, 0.1) is 16.1 Å². The molecular formula is C15H21Cl2NO. The first-order valence-corrected chi connectivity index (χ1v) is 7.77. The molecule has 1 aromatic carbocycles. The molecule has 2 unspecified atom stereocenters. The standard InChI is InChI=1S/C15H21Cl2NO/c1-2-18-14(9-8-11-5-4-10-19-11)12-6-3-7-13(16)15(12)17/h3,6-7,11,14,18H,2,4-5,8-10H2,1H3. The van der Waals surface area contributed by atoms with E-state index >= 15 is 0 Å². The number of ether oxygens (including phenoxy) is 1. The van der Waals surface area contributed by atoms with E-state index in [9.17, 15) is 0 Å². The van der Waals surface area contributed by atoms with E-state index in [-0.39, 0.29) is 6.04 Å². The summed E-state index contributed by atoms with van der Waals surface area (Å²) < 4.78 is 5.68. The van der Waals surface area contributed by atoms with E-state index in [1.54, 1.807) is 0 Å². The molecule has 1 N–H and O–H groups in total. The topological polar surface area (TPSA) is 21.3 Å².